The van der Waals surface area contributed by atoms with Crippen molar-refractivity contribution in [2.45, 2.75) is 18.5 Å². The van der Waals surface area contributed by atoms with Crippen molar-refractivity contribution in [3.8, 4) is 0 Å². The van der Waals surface area contributed by atoms with Crippen molar-refractivity contribution in [2.75, 3.05) is 13.2 Å². The topological polar surface area (TPSA) is 33.3 Å². The van der Waals surface area contributed by atoms with E-state index < -0.39 is 0 Å². The molecule has 0 bridgehead atoms. The molecule has 3 atom stereocenters. The first kappa shape index (κ1) is 10.7. The lowest BCUT2D eigenvalue weighted by Crippen LogP contribution is -2.44. The Hall–Kier alpha value is -0.420. The number of fused-ring (bicyclic) bond motifs is 1. The van der Waals surface area contributed by atoms with Crippen LogP contribution in [0.15, 0.2) is 28.7 Å². The van der Waals surface area contributed by atoms with Gasteiger partial charge in [-0.2, -0.15) is 5.48 Å². The molecule has 2 fully saturated rings. The standard InChI is InChI=1S/C12H15BrN2O/c13-10-4-2-1-3-9(10)12-5-11-8(6-14-12)7-16-15-11/h1-4,8,11-12,14-15H,5-7H2/t8-,11-,12-/m0/s1. The molecular weight excluding hydrogens is 268 g/mol. The zero-order valence-corrected chi connectivity index (χ0v) is 10.5. The van der Waals surface area contributed by atoms with E-state index in [1.54, 1.807) is 0 Å². The highest BCUT2D eigenvalue weighted by Crippen LogP contribution is 2.32. The average molecular weight is 283 g/mol. The molecule has 0 amide bonds. The summed E-state index contributed by atoms with van der Waals surface area (Å²) in [6.07, 6.45) is 1.09. The lowest BCUT2D eigenvalue weighted by Gasteiger charge is -2.32. The molecule has 2 N–H and O–H groups in total. The molecule has 2 saturated heterocycles. The van der Waals surface area contributed by atoms with Gasteiger partial charge < -0.3 is 10.2 Å². The zero-order chi connectivity index (χ0) is 11.0. The number of benzene rings is 1. The molecule has 86 valence electrons. The summed E-state index contributed by atoms with van der Waals surface area (Å²) in [6, 6.07) is 9.34. The molecule has 0 unspecified atom stereocenters. The molecule has 4 heteroatoms. The summed E-state index contributed by atoms with van der Waals surface area (Å²) in [6.45, 7) is 1.87. The number of nitrogens with one attached hydrogen (secondary N) is 2. The number of hydrogen-bond acceptors (Lipinski definition) is 3. The minimum atomic E-state index is 0.422. The Bertz CT molecular complexity index is 385. The Morgan fingerprint density at radius 1 is 1.31 bits per heavy atom. The summed E-state index contributed by atoms with van der Waals surface area (Å²) in [5.41, 5.74) is 4.46. The summed E-state index contributed by atoms with van der Waals surface area (Å²) >= 11 is 3.61. The first-order chi connectivity index (χ1) is 7.84. The number of rotatable bonds is 1. The summed E-state index contributed by atoms with van der Waals surface area (Å²) in [5.74, 6) is 0.624. The largest absolute Gasteiger partial charge is 0.309 e. The van der Waals surface area contributed by atoms with Gasteiger partial charge in [0.2, 0.25) is 0 Å². The van der Waals surface area contributed by atoms with Gasteiger partial charge in [0.15, 0.2) is 0 Å². The predicted octanol–water partition coefficient (Wildman–Crippen LogP) is 2.00. The Balaban J connectivity index is 1.79. The predicted molar refractivity (Wildman–Crippen MR) is 65.9 cm³/mol. The van der Waals surface area contributed by atoms with Crippen LogP contribution in [0.25, 0.3) is 0 Å². The van der Waals surface area contributed by atoms with Crippen LogP contribution >= 0.6 is 15.9 Å². The van der Waals surface area contributed by atoms with Gasteiger partial charge in [0, 0.05) is 29.0 Å². The lowest BCUT2D eigenvalue weighted by molar-refractivity contribution is 0.0853. The van der Waals surface area contributed by atoms with Crippen molar-refractivity contribution >= 4 is 15.9 Å². The molecule has 3 rings (SSSR count). The highest BCUT2D eigenvalue weighted by Gasteiger charge is 2.35. The summed E-state index contributed by atoms with van der Waals surface area (Å²) in [7, 11) is 0. The van der Waals surface area contributed by atoms with Crippen LogP contribution in [0.4, 0.5) is 0 Å². The second kappa shape index (κ2) is 4.45. The van der Waals surface area contributed by atoms with Gasteiger partial charge in [0.1, 0.15) is 0 Å². The van der Waals surface area contributed by atoms with Crippen molar-refractivity contribution in [1.82, 2.24) is 10.8 Å². The SMILES string of the molecule is Brc1ccccc1[C@@H]1C[C@@H]2NOC[C@@H]2CN1. The highest BCUT2D eigenvalue weighted by atomic mass is 79.9. The van der Waals surface area contributed by atoms with E-state index in [1.807, 2.05) is 0 Å². The van der Waals surface area contributed by atoms with E-state index in [9.17, 15) is 0 Å². The fourth-order valence-electron chi connectivity index (χ4n) is 2.54. The van der Waals surface area contributed by atoms with Crippen LogP contribution in [0.1, 0.15) is 18.0 Å². The number of hydrogen-bond donors (Lipinski definition) is 2. The normalized spacial score (nSPS) is 33.7. The fourth-order valence-corrected chi connectivity index (χ4v) is 3.10. The maximum absolute atomic E-state index is 5.30. The number of piperidine rings is 1. The molecule has 2 aliphatic rings. The molecule has 1 aromatic carbocycles. The fraction of sp³-hybridized carbons (Fsp3) is 0.500. The summed E-state index contributed by atoms with van der Waals surface area (Å²) in [4.78, 5) is 5.30. The third-order valence-corrected chi connectivity index (χ3v) is 4.22. The van der Waals surface area contributed by atoms with Crippen LogP contribution in [0, 0.1) is 5.92 Å². The minimum Gasteiger partial charge on any atom is -0.309 e. The van der Waals surface area contributed by atoms with Crippen molar-refractivity contribution in [3.63, 3.8) is 0 Å². The van der Waals surface area contributed by atoms with Crippen molar-refractivity contribution in [1.29, 1.82) is 0 Å². The first-order valence-electron chi connectivity index (χ1n) is 5.70. The van der Waals surface area contributed by atoms with E-state index in [0.717, 1.165) is 19.6 Å². The van der Waals surface area contributed by atoms with Crippen molar-refractivity contribution < 1.29 is 4.84 Å². The van der Waals surface area contributed by atoms with Gasteiger partial charge in [0.05, 0.1) is 6.61 Å². The average Bonchev–Trinajstić information content (AvgIpc) is 2.76. The molecule has 0 radical (unpaired) electrons. The van der Waals surface area contributed by atoms with Gasteiger partial charge in [-0.05, 0) is 18.1 Å². The molecule has 2 heterocycles. The van der Waals surface area contributed by atoms with Gasteiger partial charge in [-0.25, -0.2) is 0 Å². The molecule has 16 heavy (non-hydrogen) atoms. The van der Waals surface area contributed by atoms with E-state index in [4.69, 9.17) is 4.84 Å². The van der Waals surface area contributed by atoms with Gasteiger partial charge in [0.25, 0.3) is 0 Å². The van der Waals surface area contributed by atoms with Crippen LogP contribution in [-0.4, -0.2) is 19.2 Å². The summed E-state index contributed by atoms with van der Waals surface area (Å²) < 4.78 is 1.19. The molecule has 0 spiro atoms. The lowest BCUT2D eigenvalue weighted by atomic mass is 9.88. The van der Waals surface area contributed by atoms with Gasteiger partial charge in [-0.15, -0.1) is 0 Å². The number of hydroxylamine groups is 1. The Kier molecular flexibility index (Phi) is 2.98. The van der Waals surface area contributed by atoms with Crippen LogP contribution in [-0.2, 0) is 4.84 Å². The minimum absolute atomic E-state index is 0.422. The molecule has 0 aliphatic carbocycles. The maximum atomic E-state index is 5.30. The molecule has 0 saturated carbocycles. The van der Waals surface area contributed by atoms with Crippen molar-refractivity contribution in [2.24, 2.45) is 5.92 Å². The van der Waals surface area contributed by atoms with E-state index in [2.05, 4.69) is 51.0 Å². The van der Waals surface area contributed by atoms with Crippen LogP contribution in [0.5, 0.6) is 0 Å². The molecule has 2 aliphatic heterocycles. The Labute approximate surface area is 104 Å². The van der Waals surface area contributed by atoms with E-state index in [1.165, 1.54) is 10.0 Å². The van der Waals surface area contributed by atoms with Crippen LogP contribution < -0.4 is 10.8 Å². The first-order valence-corrected chi connectivity index (χ1v) is 6.49. The van der Waals surface area contributed by atoms with Gasteiger partial charge in [-0.3, -0.25) is 0 Å². The van der Waals surface area contributed by atoms with Gasteiger partial charge >= 0.3 is 0 Å². The molecule has 0 aromatic heterocycles. The monoisotopic (exact) mass is 282 g/mol. The van der Waals surface area contributed by atoms with Crippen LogP contribution in [0.2, 0.25) is 0 Å². The third kappa shape index (κ3) is 1.91. The second-order valence-electron chi connectivity index (χ2n) is 4.51. The van der Waals surface area contributed by atoms with E-state index >= 15 is 0 Å². The second-order valence-corrected chi connectivity index (χ2v) is 5.37. The summed E-state index contributed by atoms with van der Waals surface area (Å²) in [5, 5.41) is 3.60. The smallest absolute Gasteiger partial charge is 0.0738 e. The maximum Gasteiger partial charge on any atom is 0.0738 e. The zero-order valence-electron chi connectivity index (χ0n) is 8.95. The third-order valence-electron chi connectivity index (χ3n) is 3.50. The van der Waals surface area contributed by atoms with E-state index in [-0.39, 0.29) is 0 Å². The Morgan fingerprint density at radius 2 is 2.19 bits per heavy atom. The molecule has 1 aromatic rings. The van der Waals surface area contributed by atoms with Crippen molar-refractivity contribution in [3.05, 3.63) is 34.3 Å². The molecule has 3 nitrogen and oxygen atoms in total. The Morgan fingerprint density at radius 3 is 3.06 bits per heavy atom. The highest BCUT2D eigenvalue weighted by molar-refractivity contribution is 9.10. The quantitative estimate of drug-likeness (QED) is 0.827. The van der Waals surface area contributed by atoms with E-state index in [0.29, 0.717) is 18.0 Å². The van der Waals surface area contributed by atoms with Crippen LogP contribution in [0.3, 0.4) is 0 Å². The molecular formula is C12H15BrN2O. The van der Waals surface area contributed by atoms with Gasteiger partial charge in [-0.1, -0.05) is 34.1 Å². The number of halogens is 1.